The number of carboxylic acid groups (broad SMARTS) is 1. The van der Waals surface area contributed by atoms with Gasteiger partial charge in [0, 0.05) is 5.56 Å². The van der Waals surface area contributed by atoms with Crippen molar-refractivity contribution in [2.75, 3.05) is 0 Å². The van der Waals surface area contributed by atoms with Crippen LogP contribution in [0.4, 0.5) is 0 Å². The highest BCUT2D eigenvalue weighted by Gasteiger charge is 2.38. The van der Waals surface area contributed by atoms with Crippen molar-refractivity contribution in [3.8, 4) is 5.75 Å². The summed E-state index contributed by atoms with van der Waals surface area (Å²) in [6, 6.07) is 6.70. The Bertz CT molecular complexity index is 498. The molecular weight excluding hydrogens is 272 g/mol. The standard InChI is InChI=1S/C15H22O4Si/c1-15(2,3)20(4,5)19-12-8-6-11(7-9-12)13(16)10-14(17)18/h6-9H,10H2,1-5H3,(H,17,18). The average Bonchev–Trinajstić information content (AvgIpc) is 2.26. The Morgan fingerprint density at radius 2 is 1.65 bits per heavy atom. The molecule has 0 aliphatic heterocycles. The maximum absolute atomic E-state index is 11.6. The van der Waals surface area contributed by atoms with Crippen molar-refractivity contribution in [2.24, 2.45) is 0 Å². The Labute approximate surface area is 120 Å². The number of carboxylic acids is 1. The summed E-state index contributed by atoms with van der Waals surface area (Å²) in [4.78, 5) is 22.1. The highest BCUT2D eigenvalue weighted by atomic mass is 28.4. The number of rotatable bonds is 5. The number of aliphatic carboxylic acids is 1. The van der Waals surface area contributed by atoms with E-state index in [1.165, 1.54) is 0 Å². The third kappa shape index (κ3) is 4.20. The fourth-order valence-electron chi connectivity index (χ4n) is 1.40. The summed E-state index contributed by atoms with van der Waals surface area (Å²) in [6.45, 7) is 10.8. The van der Waals surface area contributed by atoms with E-state index in [-0.39, 0.29) is 5.04 Å². The van der Waals surface area contributed by atoms with Crippen molar-refractivity contribution < 1.29 is 19.1 Å². The molecule has 0 saturated heterocycles. The molecule has 0 unspecified atom stereocenters. The molecule has 0 spiro atoms. The van der Waals surface area contributed by atoms with Gasteiger partial charge in [0.05, 0.1) is 0 Å². The highest BCUT2D eigenvalue weighted by molar-refractivity contribution is 6.74. The van der Waals surface area contributed by atoms with Gasteiger partial charge in [-0.15, -0.1) is 0 Å². The van der Waals surface area contributed by atoms with Crippen LogP contribution < -0.4 is 4.43 Å². The van der Waals surface area contributed by atoms with E-state index in [0.29, 0.717) is 5.56 Å². The van der Waals surface area contributed by atoms with Crippen molar-refractivity contribution in [2.45, 2.75) is 45.3 Å². The molecule has 0 saturated carbocycles. The second-order valence-electron chi connectivity index (χ2n) is 6.38. The first-order valence-corrected chi connectivity index (χ1v) is 9.48. The monoisotopic (exact) mass is 294 g/mol. The van der Waals surface area contributed by atoms with E-state index in [1.54, 1.807) is 24.3 Å². The molecule has 0 aliphatic carbocycles. The summed E-state index contributed by atoms with van der Waals surface area (Å²) in [7, 11) is -1.90. The number of hydrogen-bond donors (Lipinski definition) is 1. The Kier molecular flexibility index (Phi) is 4.75. The quantitative estimate of drug-likeness (QED) is 0.510. The van der Waals surface area contributed by atoms with Crippen LogP contribution in [0.1, 0.15) is 37.6 Å². The van der Waals surface area contributed by atoms with Crippen molar-refractivity contribution in [1.82, 2.24) is 0 Å². The molecule has 0 atom stereocenters. The summed E-state index contributed by atoms with van der Waals surface area (Å²) < 4.78 is 6.09. The van der Waals surface area contributed by atoms with Gasteiger partial charge in [0.2, 0.25) is 8.32 Å². The molecule has 0 radical (unpaired) electrons. The molecule has 0 fully saturated rings. The van der Waals surface area contributed by atoms with E-state index < -0.39 is 26.5 Å². The molecule has 1 N–H and O–H groups in total. The second-order valence-corrected chi connectivity index (χ2v) is 11.1. The predicted molar refractivity (Wildman–Crippen MR) is 80.9 cm³/mol. The zero-order valence-corrected chi connectivity index (χ0v) is 13.7. The predicted octanol–water partition coefficient (Wildman–Crippen LogP) is 3.73. The molecule has 20 heavy (non-hydrogen) atoms. The lowest BCUT2D eigenvalue weighted by molar-refractivity contribution is -0.135. The smallest absolute Gasteiger partial charge is 0.311 e. The molecule has 1 aromatic carbocycles. The highest BCUT2D eigenvalue weighted by Crippen LogP contribution is 2.37. The molecule has 0 bridgehead atoms. The zero-order chi connectivity index (χ0) is 15.6. The number of hydrogen-bond acceptors (Lipinski definition) is 3. The van der Waals surface area contributed by atoms with E-state index in [9.17, 15) is 9.59 Å². The number of Topliss-reactive ketones (excluding diaryl/α,β-unsaturated/α-hetero) is 1. The van der Waals surface area contributed by atoms with Crippen molar-refractivity contribution >= 4 is 20.1 Å². The molecule has 0 heterocycles. The van der Waals surface area contributed by atoms with Gasteiger partial charge in [-0.05, 0) is 42.4 Å². The van der Waals surface area contributed by atoms with Gasteiger partial charge in [0.15, 0.2) is 5.78 Å². The van der Waals surface area contributed by atoms with Gasteiger partial charge in [0.1, 0.15) is 12.2 Å². The number of carbonyl (C=O) groups excluding carboxylic acids is 1. The molecule has 1 aromatic rings. The number of carbonyl (C=O) groups is 2. The lowest BCUT2D eigenvalue weighted by Crippen LogP contribution is -2.43. The lowest BCUT2D eigenvalue weighted by Gasteiger charge is -2.36. The van der Waals surface area contributed by atoms with E-state index in [1.807, 2.05) is 0 Å². The van der Waals surface area contributed by atoms with Crippen LogP contribution >= 0.6 is 0 Å². The maximum Gasteiger partial charge on any atom is 0.311 e. The number of benzene rings is 1. The van der Waals surface area contributed by atoms with Crippen molar-refractivity contribution in [1.29, 1.82) is 0 Å². The largest absolute Gasteiger partial charge is 0.544 e. The van der Waals surface area contributed by atoms with Crippen molar-refractivity contribution in [3.63, 3.8) is 0 Å². The van der Waals surface area contributed by atoms with Gasteiger partial charge in [0.25, 0.3) is 0 Å². The fraction of sp³-hybridized carbons (Fsp3) is 0.467. The average molecular weight is 294 g/mol. The van der Waals surface area contributed by atoms with Gasteiger partial charge in [-0.3, -0.25) is 9.59 Å². The second kappa shape index (κ2) is 5.79. The first-order valence-electron chi connectivity index (χ1n) is 6.57. The van der Waals surface area contributed by atoms with Crippen LogP contribution in [0.25, 0.3) is 0 Å². The normalized spacial score (nSPS) is 12.1. The molecule has 0 aromatic heterocycles. The van der Waals surface area contributed by atoms with E-state index >= 15 is 0 Å². The molecule has 1 rings (SSSR count). The summed E-state index contributed by atoms with van der Waals surface area (Å²) in [5.74, 6) is -0.781. The summed E-state index contributed by atoms with van der Waals surface area (Å²) in [5.41, 5.74) is 0.398. The zero-order valence-electron chi connectivity index (χ0n) is 12.7. The number of ketones is 1. The van der Waals surface area contributed by atoms with Crippen LogP contribution in [-0.4, -0.2) is 25.2 Å². The van der Waals surface area contributed by atoms with E-state index in [4.69, 9.17) is 9.53 Å². The summed E-state index contributed by atoms with van der Waals surface area (Å²) in [6.07, 6.45) is -0.484. The van der Waals surface area contributed by atoms with Crippen LogP contribution in [0, 0.1) is 0 Å². The summed E-state index contributed by atoms with van der Waals surface area (Å²) >= 11 is 0. The van der Waals surface area contributed by atoms with Gasteiger partial charge in [-0.2, -0.15) is 0 Å². The Hall–Kier alpha value is -1.62. The van der Waals surface area contributed by atoms with Crippen LogP contribution in [0.5, 0.6) is 5.75 Å². The third-order valence-corrected chi connectivity index (χ3v) is 8.03. The van der Waals surface area contributed by atoms with Gasteiger partial charge in [-0.25, -0.2) is 0 Å². The van der Waals surface area contributed by atoms with E-state index in [2.05, 4.69) is 33.9 Å². The minimum Gasteiger partial charge on any atom is -0.544 e. The molecular formula is C15H22O4Si. The maximum atomic E-state index is 11.6. The van der Waals surface area contributed by atoms with Gasteiger partial charge >= 0.3 is 5.97 Å². The Morgan fingerprint density at radius 1 is 1.15 bits per heavy atom. The summed E-state index contributed by atoms with van der Waals surface area (Å²) in [5, 5.41) is 8.70. The first-order chi connectivity index (χ1) is 9.03. The Morgan fingerprint density at radius 3 is 2.05 bits per heavy atom. The minimum atomic E-state index is -1.90. The van der Waals surface area contributed by atoms with Crippen molar-refractivity contribution in [3.05, 3.63) is 29.8 Å². The fourth-order valence-corrected chi connectivity index (χ4v) is 2.43. The van der Waals surface area contributed by atoms with Crippen LogP contribution in [0.2, 0.25) is 18.1 Å². The van der Waals surface area contributed by atoms with Crippen LogP contribution in [0.15, 0.2) is 24.3 Å². The molecule has 0 amide bonds. The van der Waals surface area contributed by atoms with Crippen LogP contribution in [-0.2, 0) is 4.79 Å². The molecule has 5 heteroatoms. The third-order valence-electron chi connectivity index (χ3n) is 3.67. The van der Waals surface area contributed by atoms with Crippen LogP contribution in [0.3, 0.4) is 0 Å². The SMILES string of the molecule is CC(C)(C)[Si](C)(C)Oc1ccc(C(=O)CC(=O)O)cc1. The molecule has 0 aliphatic rings. The molecule has 110 valence electrons. The van der Waals surface area contributed by atoms with E-state index in [0.717, 1.165) is 5.75 Å². The first kappa shape index (κ1) is 16.4. The minimum absolute atomic E-state index is 0.102. The topological polar surface area (TPSA) is 63.6 Å². The Balaban J connectivity index is 2.82. The van der Waals surface area contributed by atoms with Gasteiger partial charge in [-0.1, -0.05) is 20.8 Å². The van der Waals surface area contributed by atoms with Gasteiger partial charge < -0.3 is 9.53 Å². The lowest BCUT2D eigenvalue weighted by atomic mass is 10.1. The molecule has 4 nitrogen and oxygen atoms in total.